The molecule has 0 bridgehead atoms. The molecule has 17 heavy (non-hydrogen) atoms. The molecule has 1 amide bonds. The standard InChI is InChI=1S/C13H14N2O2/c1-9(11-6-4-3-5-7-11)14-13(16)12-8-17-10(2)15-12/h3-9H,1-2H3,(H,14,16)/t9-/m1/s1. The summed E-state index contributed by atoms with van der Waals surface area (Å²) in [4.78, 5) is 15.8. The monoisotopic (exact) mass is 230 g/mol. The van der Waals surface area contributed by atoms with Gasteiger partial charge in [0.2, 0.25) is 0 Å². The topological polar surface area (TPSA) is 55.1 Å². The highest BCUT2D eigenvalue weighted by Gasteiger charge is 2.14. The summed E-state index contributed by atoms with van der Waals surface area (Å²) >= 11 is 0. The normalized spacial score (nSPS) is 12.1. The van der Waals surface area contributed by atoms with Gasteiger partial charge in [0, 0.05) is 6.92 Å². The maximum Gasteiger partial charge on any atom is 0.273 e. The van der Waals surface area contributed by atoms with E-state index in [0.29, 0.717) is 11.6 Å². The zero-order valence-electron chi connectivity index (χ0n) is 9.81. The minimum absolute atomic E-state index is 0.0549. The van der Waals surface area contributed by atoms with Crippen LogP contribution in [0.1, 0.15) is 34.9 Å². The second-order valence-electron chi connectivity index (χ2n) is 3.86. The summed E-state index contributed by atoms with van der Waals surface area (Å²) in [6, 6.07) is 9.72. The van der Waals surface area contributed by atoms with Gasteiger partial charge in [-0.05, 0) is 12.5 Å². The number of hydrogen-bond donors (Lipinski definition) is 1. The molecule has 4 nitrogen and oxygen atoms in total. The fraction of sp³-hybridized carbons (Fsp3) is 0.231. The van der Waals surface area contributed by atoms with Crippen molar-refractivity contribution in [3.63, 3.8) is 0 Å². The Labute approximate surface area is 99.7 Å². The van der Waals surface area contributed by atoms with Crippen molar-refractivity contribution < 1.29 is 9.21 Å². The van der Waals surface area contributed by atoms with E-state index in [1.807, 2.05) is 37.3 Å². The lowest BCUT2D eigenvalue weighted by Gasteiger charge is -2.12. The largest absolute Gasteiger partial charge is 0.448 e. The Morgan fingerprint density at radius 1 is 1.35 bits per heavy atom. The van der Waals surface area contributed by atoms with Gasteiger partial charge in [-0.3, -0.25) is 4.79 Å². The predicted octanol–water partition coefficient (Wildman–Crippen LogP) is 2.47. The maximum absolute atomic E-state index is 11.8. The van der Waals surface area contributed by atoms with Crippen molar-refractivity contribution in [2.75, 3.05) is 0 Å². The van der Waals surface area contributed by atoms with Crippen LogP contribution in [0.2, 0.25) is 0 Å². The average molecular weight is 230 g/mol. The molecule has 0 saturated heterocycles. The molecule has 0 aliphatic rings. The summed E-state index contributed by atoms with van der Waals surface area (Å²) in [5.74, 6) is 0.265. The summed E-state index contributed by atoms with van der Waals surface area (Å²) in [5, 5.41) is 2.86. The Morgan fingerprint density at radius 2 is 2.06 bits per heavy atom. The van der Waals surface area contributed by atoms with Gasteiger partial charge in [0.1, 0.15) is 6.26 Å². The lowest BCUT2D eigenvalue weighted by molar-refractivity contribution is 0.0935. The number of carbonyl (C=O) groups excluding carboxylic acids is 1. The highest BCUT2D eigenvalue weighted by atomic mass is 16.3. The quantitative estimate of drug-likeness (QED) is 0.881. The molecular formula is C13H14N2O2. The van der Waals surface area contributed by atoms with E-state index >= 15 is 0 Å². The van der Waals surface area contributed by atoms with Crippen molar-refractivity contribution in [2.45, 2.75) is 19.9 Å². The Morgan fingerprint density at radius 3 is 2.65 bits per heavy atom. The predicted molar refractivity (Wildman–Crippen MR) is 63.6 cm³/mol. The molecule has 88 valence electrons. The zero-order valence-corrected chi connectivity index (χ0v) is 9.81. The van der Waals surface area contributed by atoms with Crippen LogP contribution in [-0.2, 0) is 0 Å². The molecular weight excluding hydrogens is 216 g/mol. The third kappa shape index (κ3) is 2.72. The molecule has 0 unspecified atom stereocenters. The van der Waals surface area contributed by atoms with Crippen molar-refractivity contribution in [3.05, 3.63) is 53.7 Å². The van der Waals surface area contributed by atoms with E-state index in [1.54, 1.807) is 6.92 Å². The van der Waals surface area contributed by atoms with Gasteiger partial charge in [-0.15, -0.1) is 0 Å². The third-order valence-electron chi connectivity index (χ3n) is 2.50. The smallest absolute Gasteiger partial charge is 0.273 e. The second kappa shape index (κ2) is 4.82. The fourth-order valence-electron chi connectivity index (χ4n) is 1.56. The first kappa shape index (κ1) is 11.4. The highest BCUT2D eigenvalue weighted by molar-refractivity contribution is 5.92. The SMILES string of the molecule is Cc1nc(C(=O)N[C@H](C)c2ccccc2)co1. The van der Waals surface area contributed by atoms with Crippen LogP contribution in [0.4, 0.5) is 0 Å². The van der Waals surface area contributed by atoms with Crippen molar-refractivity contribution >= 4 is 5.91 Å². The summed E-state index contributed by atoms with van der Waals surface area (Å²) in [6.07, 6.45) is 1.36. The first-order chi connectivity index (χ1) is 8.16. The molecule has 0 fully saturated rings. The molecule has 2 aromatic rings. The minimum atomic E-state index is -0.224. The van der Waals surface area contributed by atoms with E-state index < -0.39 is 0 Å². The van der Waals surface area contributed by atoms with E-state index in [4.69, 9.17) is 4.42 Å². The first-order valence-electron chi connectivity index (χ1n) is 5.45. The Bertz CT molecular complexity index is 505. The lowest BCUT2D eigenvalue weighted by Crippen LogP contribution is -2.26. The van der Waals surface area contributed by atoms with Crippen LogP contribution < -0.4 is 5.32 Å². The molecule has 0 aliphatic heterocycles. The molecule has 0 radical (unpaired) electrons. The Balaban J connectivity index is 2.04. The number of rotatable bonds is 3. The number of amides is 1. The van der Waals surface area contributed by atoms with E-state index in [9.17, 15) is 4.79 Å². The van der Waals surface area contributed by atoms with Crippen LogP contribution in [-0.4, -0.2) is 10.9 Å². The molecule has 1 N–H and O–H groups in total. The number of aromatic nitrogens is 1. The van der Waals surface area contributed by atoms with Crippen molar-refractivity contribution in [1.29, 1.82) is 0 Å². The van der Waals surface area contributed by atoms with Crippen molar-refractivity contribution in [2.24, 2.45) is 0 Å². The first-order valence-corrected chi connectivity index (χ1v) is 5.45. The number of hydrogen-bond acceptors (Lipinski definition) is 3. The number of carbonyl (C=O) groups is 1. The van der Waals surface area contributed by atoms with Crippen LogP contribution in [0.15, 0.2) is 41.0 Å². The second-order valence-corrected chi connectivity index (χ2v) is 3.86. The number of nitrogens with zero attached hydrogens (tertiary/aromatic N) is 1. The lowest BCUT2D eigenvalue weighted by atomic mass is 10.1. The van der Waals surface area contributed by atoms with Gasteiger partial charge in [0.15, 0.2) is 11.6 Å². The average Bonchev–Trinajstić information content (AvgIpc) is 2.77. The number of nitrogens with one attached hydrogen (secondary N) is 1. The molecule has 0 saturated carbocycles. The molecule has 2 rings (SSSR count). The summed E-state index contributed by atoms with van der Waals surface area (Å²) in [7, 11) is 0. The van der Waals surface area contributed by atoms with Crippen molar-refractivity contribution in [1.82, 2.24) is 10.3 Å². The van der Waals surface area contributed by atoms with Crippen LogP contribution in [0.3, 0.4) is 0 Å². The zero-order chi connectivity index (χ0) is 12.3. The van der Waals surface area contributed by atoms with E-state index in [-0.39, 0.29) is 11.9 Å². The minimum Gasteiger partial charge on any atom is -0.448 e. The van der Waals surface area contributed by atoms with Gasteiger partial charge in [0.25, 0.3) is 5.91 Å². The van der Waals surface area contributed by atoms with Crippen LogP contribution in [0.5, 0.6) is 0 Å². The summed E-state index contributed by atoms with van der Waals surface area (Å²) in [5.41, 5.74) is 1.37. The molecule has 1 aromatic heterocycles. The summed E-state index contributed by atoms with van der Waals surface area (Å²) in [6.45, 7) is 3.64. The van der Waals surface area contributed by atoms with Gasteiger partial charge >= 0.3 is 0 Å². The van der Waals surface area contributed by atoms with Crippen LogP contribution in [0, 0.1) is 6.92 Å². The van der Waals surface area contributed by atoms with Crippen LogP contribution >= 0.6 is 0 Å². The highest BCUT2D eigenvalue weighted by Crippen LogP contribution is 2.12. The third-order valence-corrected chi connectivity index (χ3v) is 2.50. The van der Waals surface area contributed by atoms with Gasteiger partial charge in [-0.25, -0.2) is 4.98 Å². The van der Waals surface area contributed by atoms with Crippen LogP contribution in [0.25, 0.3) is 0 Å². The number of oxazole rings is 1. The molecule has 4 heteroatoms. The van der Waals surface area contributed by atoms with Gasteiger partial charge in [-0.1, -0.05) is 30.3 Å². The molecule has 1 atom stereocenters. The summed E-state index contributed by atoms with van der Waals surface area (Å²) < 4.78 is 5.00. The molecule has 1 aromatic carbocycles. The Hall–Kier alpha value is -2.10. The molecule has 0 aliphatic carbocycles. The maximum atomic E-state index is 11.8. The fourth-order valence-corrected chi connectivity index (χ4v) is 1.56. The molecule has 1 heterocycles. The van der Waals surface area contributed by atoms with Gasteiger partial charge < -0.3 is 9.73 Å². The van der Waals surface area contributed by atoms with E-state index in [1.165, 1.54) is 6.26 Å². The van der Waals surface area contributed by atoms with E-state index in [0.717, 1.165) is 5.56 Å². The number of benzene rings is 1. The Kier molecular flexibility index (Phi) is 3.23. The van der Waals surface area contributed by atoms with E-state index in [2.05, 4.69) is 10.3 Å². The molecule has 0 spiro atoms. The van der Waals surface area contributed by atoms with Gasteiger partial charge in [-0.2, -0.15) is 0 Å². The number of aryl methyl sites for hydroxylation is 1. The van der Waals surface area contributed by atoms with Gasteiger partial charge in [0.05, 0.1) is 6.04 Å². The van der Waals surface area contributed by atoms with Crippen molar-refractivity contribution in [3.8, 4) is 0 Å².